The van der Waals surface area contributed by atoms with Crippen molar-refractivity contribution in [2.24, 2.45) is 0 Å². The van der Waals surface area contributed by atoms with Crippen LogP contribution in [0.3, 0.4) is 0 Å². The molecular weight excluding hydrogens is 392 g/mol. The number of pyridine rings is 1. The predicted molar refractivity (Wildman–Crippen MR) is 111 cm³/mol. The van der Waals surface area contributed by atoms with Crippen molar-refractivity contribution in [3.8, 4) is 11.3 Å². The van der Waals surface area contributed by atoms with Crippen molar-refractivity contribution in [1.29, 1.82) is 0 Å². The number of nitrogens with one attached hydrogen (secondary N) is 2. The van der Waals surface area contributed by atoms with Crippen molar-refractivity contribution in [3.63, 3.8) is 0 Å². The number of fused-ring (bicyclic) bond motifs is 1. The Balaban J connectivity index is 1.73. The van der Waals surface area contributed by atoms with Crippen LogP contribution in [0.1, 0.15) is 5.56 Å². The fourth-order valence-corrected chi connectivity index (χ4v) is 3.23. The summed E-state index contributed by atoms with van der Waals surface area (Å²) < 4.78 is 23.7. The maximum atomic E-state index is 11.3. The number of anilines is 2. The molecule has 0 amide bonds. The van der Waals surface area contributed by atoms with Gasteiger partial charge in [0.2, 0.25) is 22.8 Å². The van der Waals surface area contributed by atoms with Gasteiger partial charge in [-0.05, 0) is 23.8 Å². The van der Waals surface area contributed by atoms with Crippen molar-refractivity contribution >= 4 is 28.4 Å². The van der Waals surface area contributed by atoms with E-state index in [4.69, 9.17) is 0 Å². The predicted octanol–water partition coefficient (Wildman–Crippen LogP) is 2.40. The van der Waals surface area contributed by atoms with Crippen LogP contribution in [-0.2, 0) is 17.8 Å². The number of hydrogen-bond acceptors (Lipinski definition) is 5. The highest BCUT2D eigenvalue weighted by atomic mass is 32.2. The monoisotopic (exact) mass is 410 g/mol. The van der Waals surface area contributed by atoms with Crippen LogP contribution in [0.15, 0.2) is 65.7 Å². The molecule has 0 aliphatic carbocycles. The van der Waals surface area contributed by atoms with Gasteiger partial charge in [0.25, 0.3) is 0 Å². The zero-order valence-corrected chi connectivity index (χ0v) is 16.3. The first-order valence-electron chi connectivity index (χ1n) is 8.72. The minimum atomic E-state index is -2.06. The van der Waals surface area contributed by atoms with E-state index in [1.165, 1.54) is 10.4 Å². The summed E-state index contributed by atoms with van der Waals surface area (Å²) in [5.41, 5.74) is 3.90. The number of benzene rings is 1. The van der Waals surface area contributed by atoms with Gasteiger partial charge >= 0.3 is 0 Å². The molecule has 3 heterocycles. The molecule has 3 aromatic heterocycles. The molecule has 1 aromatic carbocycles. The minimum absolute atomic E-state index is 0.190. The molecule has 1 unspecified atom stereocenters. The van der Waals surface area contributed by atoms with E-state index in [9.17, 15) is 13.6 Å². The SMILES string of the molecule is CN(Cc1ccccc1-c1ccc2cnc(Nc3ccc(=O)[nH]c3)nn12)S(=O)O. The van der Waals surface area contributed by atoms with Gasteiger partial charge in [0.1, 0.15) is 0 Å². The molecular formula is C19H18N6O3S. The van der Waals surface area contributed by atoms with Crippen LogP contribution in [0.4, 0.5) is 11.6 Å². The lowest BCUT2D eigenvalue weighted by Crippen LogP contribution is -2.20. The molecule has 148 valence electrons. The summed E-state index contributed by atoms with van der Waals surface area (Å²) in [7, 11) is 1.58. The van der Waals surface area contributed by atoms with Gasteiger partial charge in [-0.15, -0.1) is 5.10 Å². The van der Waals surface area contributed by atoms with Crippen LogP contribution < -0.4 is 10.9 Å². The topological polar surface area (TPSA) is 116 Å². The molecule has 0 saturated carbocycles. The van der Waals surface area contributed by atoms with E-state index in [0.29, 0.717) is 18.2 Å². The first kappa shape index (κ1) is 19.0. The Kier molecular flexibility index (Phi) is 5.21. The van der Waals surface area contributed by atoms with Crippen molar-refractivity contribution in [2.75, 3.05) is 12.4 Å². The number of hydrogen-bond donors (Lipinski definition) is 3. The van der Waals surface area contributed by atoms with Gasteiger partial charge in [-0.1, -0.05) is 24.3 Å². The Bertz CT molecular complexity index is 1230. The van der Waals surface area contributed by atoms with Crippen molar-refractivity contribution in [2.45, 2.75) is 6.54 Å². The zero-order chi connectivity index (χ0) is 20.4. The summed E-state index contributed by atoms with van der Waals surface area (Å²) in [5.74, 6) is 0.369. The molecule has 0 aliphatic heterocycles. The molecule has 0 spiro atoms. The van der Waals surface area contributed by atoms with E-state index < -0.39 is 11.3 Å². The second kappa shape index (κ2) is 7.95. The van der Waals surface area contributed by atoms with Crippen molar-refractivity contribution in [3.05, 3.63) is 76.8 Å². The Hall–Kier alpha value is -3.34. The lowest BCUT2D eigenvalue weighted by atomic mass is 10.0. The highest BCUT2D eigenvalue weighted by molar-refractivity contribution is 7.76. The number of aromatic nitrogens is 4. The molecule has 1 atom stereocenters. The van der Waals surface area contributed by atoms with Crippen LogP contribution in [0.25, 0.3) is 16.8 Å². The van der Waals surface area contributed by atoms with Crippen molar-refractivity contribution < 1.29 is 8.76 Å². The second-order valence-electron chi connectivity index (χ2n) is 6.38. The maximum Gasteiger partial charge on any atom is 0.248 e. The van der Waals surface area contributed by atoms with Gasteiger partial charge in [0.05, 0.1) is 23.1 Å². The summed E-state index contributed by atoms with van der Waals surface area (Å²) >= 11 is -2.06. The molecule has 9 nitrogen and oxygen atoms in total. The molecule has 3 N–H and O–H groups in total. The lowest BCUT2D eigenvalue weighted by molar-refractivity contribution is 0.445. The number of H-pyrrole nitrogens is 1. The molecule has 0 bridgehead atoms. The molecule has 0 saturated heterocycles. The molecule has 29 heavy (non-hydrogen) atoms. The first-order valence-corrected chi connectivity index (χ1v) is 9.78. The minimum Gasteiger partial charge on any atom is -0.327 e. The standard InChI is InChI=1S/C19H18N6O3S/c1-24(29(27)28)12-13-4-2-3-5-16(13)17-8-7-15-11-21-19(23-25(15)17)22-14-6-9-18(26)20-10-14/h2-11H,12H2,1H3,(H,20,26)(H,22,23)(H,27,28). The van der Waals surface area contributed by atoms with Crippen LogP contribution >= 0.6 is 0 Å². The van der Waals surface area contributed by atoms with Gasteiger partial charge in [0, 0.05) is 31.4 Å². The van der Waals surface area contributed by atoms with Crippen LogP contribution in [-0.4, -0.2) is 39.7 Å². The van der Waals surface area contributed by atoms with E-state index in [1.807, 2.05) is 36.4 Å². The van der Waals surface area contributed by atoms with Gasteiger partial charge in [-0.3, -0.25) is 9.35 Å². The smallest absolute Gasteiger partial charge is 0.248 e. The van der Waals surface area contributed by atoms with Gasteiger partial charge < -0.3 is 10.3 Å². The quantitative estimate of drug-likeness (QED) is 0.421. The lowest BCUT2D eigenvalue weighted by Gasteiger charge is -2.15. The molecule has 0 radical (unpaired) electrons. The summed E-state index contributed by atoms with van der Waals surface area (Å²) in [4.78, 5) is 18.1. The number of nitrogens with zero attached hydrogens (tertiary/aromatic N) is 4. The van der Waals surface area contributed by atoms with Crippen LogP contribution in [0.2, 0.25) is 0 Å². The highest BCUT2D eigenvalue weighted by Crippen LogP contribution is 2.27. The van der Waals surface area contributed by atoms with Gasteiger partial charge in [-0.25, -0.2) is 13.7 Å². The fraction of sp³-hybridized carbons (Fsp3) is 0.105. The maximum absolute atomic E-state index is 11.3. The molecule has 4 aromatic rings. The Morgan fingerprint density at radius 1 is 1.21 bits per heavy atom. The second-order valence-corrected chi connectivity index (χ2v) is 7.46. The Morgan fingerprint density at radius 3 is 2.79 bits per heavy atom. The van der Waals surface area contributed by atoms with Gasteiger partial charge in [0.15, 0.2) is 0 Å². The molecule has 0 fully saturated rings. The number of aromatic amines is 1. The van der Waals surface area contributed by atoms with E-state index in [1.54, 1.807) is 30.0 Å². The largest absolute Gasteiger partial charge is 0.327 e. The number of rotatable bonds is 6. The Labute approximate surface area is 168 Å². The summed E-state index contributed by atoms with van der Waals surface area (Å²) in [5, 5.41) is 7.62. The van der Waals surface area contributed by atoms with Crippen LogP contribution in [0.5, 0.6) is 0 Å². The first-order chi connectivity index (χ1) is 14.0. The average molecular weight is 410 g/mol. The normalized spacial score (nSPS) is 12.4. The average Bonchev–Trinajstić information content (AvgIpc) is 3.13. The summed E-state index contributed by atoms with van der Waals surface area (Å²) in [6.07, 6.45) is 3.24. The molecule has 0 aliphatic rings. The third-order valence-electron chi connectivity index (χ3n) is 4.39. The van der Waals surface area contributed by atoms with Crippen LogP contribution in [0, 0.1) is 0 Å². The Morgan fingerprint density at radius 2 is 2.03 bits per heavy atom. The fourth-order valence-electron chi connectivity index (χ4n) is 2.98. The third-order valence-corrected chi connectivity index (χ3v) is 5.05. The zero-order valence-electron chi connectivity index (χ0n) is 15.4. The molecule has 10 heteroatoms. The van der Waals surface area contributed by atoms with E-state index >= 15 is 0 Å². The third kappa shape index (κ3) is 4.09. The van der Waals surface area contributed by atoms with Gasteiger partial charge in [-0.2, -0.15) is 4.31 Å². The highest BCUT2D eigenvalue weighted by Gasteiger charge is 2.14. The summed E-state index contributed by atoms with van der Waals surface area (Å²) in [6, 6.07) is 14.6. The van der Waals surface area contributed by atoms with Crippen molar-refractivity contribution in [1.82, 2.24) is 23.9 Å². The van der Waals surface area contributed by atoms with E-state index in [-0.39, 0.29) is 5.56 Å². The van der Waals surface area contributed by atoms with E-state index in [0.717, 1.165) is 22.3 Å². The summed E-state index contributed by atoms with van der Waals surface area (Å²) in [6.45, 7) is 0.306. The van der Waals surface area contributed by atoms with E-state index in [2.05, 4.69) is 20.4 Å². The molecule has 4 rings (SSSR count).